The predicted molar refractivity (Wildman–Crippen MR) is 49.2 cm³/mol. The second kappa shape index (κ2) is 2.70. The molecule has 0 saturated heterocycles. The van der Waals surface area contributed by atoms with Crippen LogP contribution in [-0.4, -0.2) is 4.98 Å². The van der Waals surface area contributed by atoms with Gasteiger partial charge < -0.3 is 8.83 Å². The molecule has 0 N–H and O–H groups in total. The summed E-state index contributed by atoms with van der Waals surface area (Å²) in [5.74, 6) is 0.914. The van der Waals surface area contributed by atoms with Crippen molar-refractivity contribution in [3.05, 3.63) is 28.1 Å². The van der Waals surface area contributed by atoms with E-state index in [1.165, 1.54) is 0 Å². The molecule has 0 radical (unpaired) electrons. The molecule has 2 aromatic rings. The summed E-state index contributed by atoms with van der Waals surface area (Å²) in [6.45, 7) is 0. The maximum atomic E-state index is 11.4. The molecule has 4 nitrogen and oxygen atoms in total. The normalized spacial score (nSPS) is 15.7. The van der Waals surface area contributed by atoms with E-state index in [1.54, 1.807) is 0 Å². The van der Waals surface area contributed by atoms with E-state index in [4.69, 9.17) is 8.83 Å². The molecule has 0 aromatic carbocycles. The highest BCUT2D eigenvalue weighted by molar-refractivity contribution is 5.77. The molecule has 2 heterocycles. The van der Waals surface area contributed by atoms with Gasteiger partial charge in [0.1, 0.15) is 11.1 Å². The third-order valence-electron chi connectivity index (χ3n) is 2.69. The first-order valence-corrected chi connectivity index (χ1v) is 4.74. The molecule has 0 amide bonds. The summed E-state index contributed by atoms with van der Waals surface area (Å²) in [5, 5.41) is 0.544. The number of rotatable bonds is 0. The SMILES string of the molecule is O=c1ocnc2oc3c(c12)CCCC3. The molecule has 0 aliphatic heterocycles. The lowest BCUT2D eigenvalue weighted by atomic mass is 9.97. The van der Waals surface area contributed by atoms with Crippen LogP contribution in [0.5, 0.6) is 0 Å². The Kier molecular flexibility index (Phi) is 1.50. The molecule has 2 aromatic heterocycles. The zero-order chi connectivity index (χ0) is 9.54. The summed E-state index contributed by atoms with van der Waals surface area (Å²) < 4.78 is 10.2. The van der Waals surface area contributed by atoms with E-state index in [1.807, 2.05) is 0 Å². The molecule has 72 valence electrons. The average Bonchev–Trinajstić information content (AvgIpc) is 2.57. The Balaban J connectivity index is 2.44. The van der Waals surface area contributed by atoms with E-state index in [2.05, 4.69) is 4.98 Å². The summed E-state index contributed by atoms with van der Waals surface area (Å²) in [5.41, 5.74) is 1.10. The first kappa shape index (κ1) is 7.79. The highest BCUT2D eigenvalue weighted by atomic mass is 16.4. The van der Waals surface area contributed by atoms with E-state index in [9.17, 15) is 4.79 Å². The van der Waals surface area contributed by atoms with Gasteiger partial charge in [-0.05, 0) is 19.3 Å². The number of aromatic nitrogens is 1. The predicted octanol–water partition coefficient (Wildman–Crippen LogP) is 1.66. The quantitative estimate of drug-likeness (QED) is 0.635. The minimum atomic E-state index is -0.332. The Morgan fingerprint density at radius 2 is 2.14 bits per heavy atom. The number of fused-ring (bicyclic) bond motifs is 3. The van der Waals surface area contributed by atoms with Crippen LogP contribution in [0.3, 0.4) is 0 Å². The maximum absolute atomic E-state index is 11.4. The highest BCUT2D eigenvalue weighted by Crippen LogP contribution is 2.28. The lowest BCUT2D eigenvalue weighted by Gasteiger charge is -2.07. The van der Waals surface area contributed by atoms with Gasteiger partial charge in [0.15, 0.2) is 6.39 Å². The molecule has 0 spiro atoms. The number of furan rings is 1. The molecular formula is C10H9NO3. The molecule has 0 unspecified atom stereocenters. The van der Waals surface area contributed by atoms with Gasteiger partial charge in [-0.2, -0.15) is 4.98 Å². The summed E-state index contributed by atoms with van der Waals surface area (Å²) in [4.78, 5) is 15.4. The molecule has 4 heteroatoms. The summed E-state index contributed by atoms with van der Waals surface area (Å²) >= 11 is 0. The monoisotopic (exact) mass is 191 g/mol. The van der Waals surface area contributed by atoms with E-state index in [0.717, 1.165) is 43.4 Å². The highest BCUT2D eigenvalue weighted by Gasteiger charge is 2.20. The Bertz CT molecular complexity index is 538. The van der Waals surface area contributed by atoms with Crippen molar-refractivity contribution < 1.29 is 8.83 Å². The van der Waals surface area contributed by atoms with Gasteiger partial charge in [0, 0.05) is 12.0 Å². The molecule has 3 rings (SSSR count). The first-order chi connectivity index (χ1) is 6.86. The van der Waals surface area contributed by atoms with Crippen molar-refractivity contribution in [3.8, 4) is 0 Å². The zero-order valence-electron chi connectivity index (χ0n) is 7.58. The summed E-state index contributed by atoms with van der Waals surface area (Å²) in [7, 11) is 0. The van der Waals surface area contributed by atoms with Gasteiger partial charge >= 0.3 is 5.63 Å². The smallest absolute Gasteiger partial charge is 0.350 e. The molecule has 0 bridgehead atoms. The number of hydrogen-bond acceptors (Lipinski definition) is 4. The molecular weight excluding hydrogens is 182 g/mol. The van der Waals surface area contributed by atoms with Gasteiger partial charge in [-0.1, -0.05) is 0 Å². The third kappa shape index (κ3) is 0.937. The van der Waals surface area contributed by atoms with Crippen LogP contribution < -0.4 is 5.63 Å². The summed E-state index contributed by atoms with van der Waals surface area (Å²) in [6, 6.07) is 0. The van der Waals surface area contributed by atoms with Crippen LogP contribution in [0.15, 0.2) is 20.0 Å². The van der Waals surface area contributed by atoms with E-state index in [-0.39, 0.29) is 5.63 Å². The van der Waals surface area contributed by atoms with Gasteiger partial charge in [0.2, 0.25) is 5.71 Å². The molecule has 0 fully saturated rings. The van der Waals surface area contributed by atoms with Gasteiger partial charge in [0.05, 0.1) is 0 Å². The largest absolute Gasteiger partial charge is 0.442 e. The van der Waals surface area contributed by atoms with Crippen molar-refractivity contribution >= 4 is 11.1 Å². The number of aryl methyl sites for hydroxylation is 2. The Morgan fingerprint density at radius 3 is 3.07 bits per heavy atom. The molecule has 1 aliphatic carbocycles. The van der Waals surface area contributed by atoms with E-state index < -0.39 is 0 Å². The Hall–Kier alpha value is -1.58. The number of hydrogen-bond donors (Lipinski definition) is 0. The van der Waals surface area contributed by atoms with Crippen molar-refractivity contribution in [2.24, 2.45) is 0 Å². The average molecular weight is 191 g/mol. The fraction of sp³-hybridized carbons (Fsp3) is 0.400. The first-order valence-electron chi connectivity index (χ1n) is 4.74. The van der Waals surface area contributed by atoms with Gasteiger partial charge in [-0.25, -0.2) is 4.79 Å². The van der Waals surface area contributed by atoms with Crippen LogP contribution in [0.4, 0.5) is 0 Å². The lowest BCUT2D eigenvalue weighted by Crippen LogP contribution is -2.04. The van der Waals surface area contributed by atoms with Crippen LogP contribution in [0.25, 0.3) is 11.1 Å². The van der Waals surface area contributed by atoms with Crippen LogP contribution in [0.2, 0.25) is 0 Å². The van der Waals surface area contributed by atoms with Crippen molar-refractivity contribution in [2.75, 3.05) is 0 Å². The van der Waals surface area contributed by atoms with Crippen LogP contribution in [0.1, 0.15) is 24.2 Å². The fourth-order valence-electron chi connectivity index (χ4n) is 2.03. The van der Waals surface area contributed by atoms with Crippen molar-refractivity contribution in [2.45, 2.75) is 25.7 Å². The second-order valence-electron chi connectivity index (χ2n) is 3.53. The van der Waals surface area contributed by atoms with E-state index >= 15 is 0 Å². The minimum Gasteiger partial charge on any atom is -0.442 e. The van der Waals surface area contributed by atoms with Crippen molar-refractivity contribution in [1.29, 1.82) is 0 Å². The van der Waals surface area contributed by atoms with Gasteiger partial charge in [-0.3, -0.25) is 0 Å². The molecule has 0 saturated carbocycles. The van der Waals surface area contributed by atoms with Crippen molar-refractivity contribution in [3.63, 3.8) is 0 Å². The van der Waals surface area contributed by atoms with Crippen LogP contribution in [0, 0.1) is 0 Å². The topological polar surface area (TPSA) is 56.2 Å². The maximum Gasteiger partial charge on any atom is 0.350 e. The van der Waals surface area contributed by atoms with Crippen LogP contribution in [-0.2, 0) is 12.8 Å². The third-order valence-corrected chi connectivity index (χ3v) is 2.69. The molecule has 0 atom stereocenters. The minimum absolute atomic E-state index is 0.332. The standard InChI is InChI=1S/C10H9NO3/c12-10-8-6-3-1-2-4-7(6)14-9(8)11-5-13-10/h5H,1-4H2. The lowest BCUT2D eigenvalue weighted by molar-refractivity contribution is 0.479. The Morgan fingerprint density at radius 1 is 1.29 bits per heavy atom. The molecule has 14 heavy (non-hydrogen) atoms. The zero-order valence-corrected chi connectivity index (χ0v) is 7.58. The molecule has 1 aliphatic rings. The number of nitrogens with zero attached hydrogens (tertiary/aromatic N) is 1. The second-order valence-corrected chi connectivity index (χ2v) is 3.53. The Labute approximate surface area is 79.5 Å². The summed E-state index contributed by atoms with van der Waals surface area (Å²) in [6.07, 6.45) is 5.18. The van der Waals surface area contributed by atoms with Gasteiger partial charge in [-0.15, -0.1) is 0 Å². The van der Waals surface area contributed by atoms with Crippen LogP contribution >= 0.6 is 0 Å². The van der Waals surface area contributed by atoms with Gasteiger partial charge in [0.25, 0.3) is 0 Å². The van der Waals surface area contributed by atoms with Crippen molar-refractivity contribution in [1.82, 2.24) is 4.98 Å². The fourth-order valence-corrected chi connectivity index (χ4v) is 2.03. The van der Waals surface area contributed by atoms with E-state index in [0.29, 0.717) is 11.1 Å².